The lowest BCUT2D eigenvalue weighted by atomic mass is 10.3. The van der Waals surface area contributed by atoms with Crippen molar-refractivity contribution in [1.29, 1.82) is 0 Å². The van der Waals surface area contributed by atoms with E-state index < -0.39 is 0 Å². The first kappa shape index (κ1) is 7.29. The van der Waals surface area contributed by atoms with Gasteiger partial charge in [0.2, 0.25) is 0 Å². The molecule has 11 heavy (non-hydrogen) atoms. The zero-order chi connectivity index (χ0) is 8.10. The third-order valence-electron chi connectivity index (χ3n) is 1.05. The Balaban J connectivity index is 2.90. The number of carbonyl (C=O) groups is 1. The molecule has 54 valence electrons. The Kier molecular flexibility index (Phi) is 2.24. The van der Waals surface area contributed by atoms with E-state index in [1.54, 1.807) is 12.1 Å². The van der Waals surface area contributed by atoms with Gasteiger partial charge < -0.3 is 5.73 Å². The summed E-state index contributed by atoms with van der Waals surface area (Å²) in [6, 6.07) is 3.34. The van der Waals surface area contributed by atoms with Crippen LogP contribution in [-0.2, 0) is 4.79 Å². The maximum absolute atomic E-state index is 9.82. The van der Waals surface area contributed by atoms with Crippen molar-refractivity contribution in [3.8, 4) is 11.8 Å². The molecule has 3 nitrogen and oxygen atoms in total. The molecule has 1 rings (SSSR count). The van der Waals surface area contributed by atoms with Crippen LogP contribution in [0.5, 0.6) is 0 Å². The maximum Gasteiger partial charge on any atom is 0.193 e. The van der Waals surface area contributed by atoms with Crippen molar-refractivity contribution in [2.75, 3.05) is 5.73 Å². The third-order valence-corrected chi connectivity index (χ3v) is 1.05. The number of anilines is 1. The monoisotopic (exact) mass is 146 g/mol. The molecular weight excluding hydrogens is 140 g/mol. The number of nitrogens with two attached hydrogens (primary N) is 1. The van der Waals surface area contributed by atoms with Crippen molar-refractivity contribution < 1.29 is 4.79 Å². The van der Waals surface area contributed by atoms with E-state index >= 15 is 0 Å². The van der Waals surface area contributed by atoms with Crippen LogP contribution in [0.15, 0.2) is 18.3 Å². The Bertz CT molecular complexity index is 305. The number of hydrogen-bond acceptors (Lipinski definition) is 3. The van der Waals surface area contributed by atoms with Gasteiger partial charge >= 0.3 is 0 Å². The lowest BCUT2D eigenvalue weighted by Crippen LogP contribution is -1.87. The van der Waals surface area contributed by atoms with Crippen LogP contribution < -0.4 is 5.73 Å². The fourth-order valence-electron chi connectivity index (χ4n) is 0.583. The number of aromatic nitrogens is 1. The van der Waals surface area contributed by atoms with Gasteiger partial charge in [0.1, 0.15) is 5.69 Å². The van der Waals surface area contributed by atoms with Gasteiger partial charge in [-0.25, -0.2) is 4.98 Å². The van der Waals surface area contributed by atoms with E-state index in [1.165, 1.54) is 6.20 Å². The second-order valence-electron chi connectivity index (χ2n) is 1.86. The molecule has 0 fully saturated rings. The molecule has 0 unspecified atom stereocenters. The molecule has 0 spiro atoms. The number of hydrogen-bond donors (Lipinski definition) is 1. The molecule has 0 amide bonds. The minimum atomic E-state index is 0.526. The molecule has 1 aromatic rings. The predicted octanol–water partition coefficient (Wildman–Crippen LogP) is 0.214. The molecule has 0 aliphatic heterocycles. The number of aldehydes is 1. The van der Waals surface area contributed by atoms with Crippen molar-refractivity contribution in [1.82, 2.24) is 4.98 Å². The Hall–Kier alpha value is -1.82. The minimum Gasteiger partial charge on any atom is -0.397 e. The first-order valence-electron chi connectivity index (χ1n) is 2.99. The molecule has 0 aromatic carbocycles. The van der Waals surface area contributed by atoms with Crippen molar-refractivity contribution in [3.05, 3.63) is 24.0 Å². The summed E-state index contributed by atoms with van der Waals surface area (Å²) in [5.41, 5.74) is 6.51. The first-order chi connectivity index (χ1) is 5.33. The fraction of sp³-hybridized carbons (Fsp3) is 0. The van der Waals surface area contributed by atoms with Gasteiger partial charge in [0.25, 0.3) is 0 Å². The molecule has 3 heteroatoms. The average Bonchev–Trinajstić information content (AvgIpc) is 2.04. The Labute approximate surface area is 64.2 Å². The summed E-state index contributed by atoms with van der Waals surface area (Å²) in [7, 11) is 0. The van der Waals surface area contributed by atoms with Crippen molar-refractivity contribution >= 4 is 12.0 Å². The van der Waals surface area contributed by atoms with Gasteiger partial charge in [-0.2, -0.15) is 0 Å². The summed E-state index contributed by atoms with van der Waals surface area (Å²) < 4.78 is 0. The van der Waals surface area contributed by atoms with Gasteiger partial charge in [-0.1, -0.05) is 0 Å². The molecule has 0 aliphatic rings. The molecule has 1 aromatic heterocycles. The summed E-state index contributed by atoms with van der Waals surface area (Å²) in [5.74, 6) is 4.79. The van der Waals surface area contributed by atoms with Crippen LogP contribution in [0, 0.1) is 11.8 Å². The van der Waals surface area contributed by atoms with Gasteiger partial charge in [-0.05, 0) is 24.0 Å². The Morgan fingerprint density at radius 2 is 2.36 bits per heavy atom. The molecule has 2 N–H and O–H groups in total. The zero-order valence-electron chi connectivity index (χ0n) is 5.74. The smallest absolute Gasteiger partial charge is 0.193 e. The van der Waals surface area contributed by atoms with Gasteiger partial charge in [0.05, 0.1) is 11.9 Å². The second kappa shape index (κ2) is 3.37. The van der Waals surface area contributed by atoms with E-state index in [4.69, 9.17) is 5.73 Å². The zero-order valence-corrected chi connectivity index (χ0v) is 5.74. The van der Waals surface area contributed by atoms with E-state index in [9.17, 15) is 4.79 Å². The van der Waals surface area contributed by atoms with Crippen molar-refractivity contribution in [3.63, 3.8) is 0 Å². The number of rotatable bonds is 0. The lowest BCUT2D eigenvalue weighted by Gasteiger charge is -1.89. The predicted molar refractivity (Wildman–Crippen MR) is 41.6 cm³/mol. The number of pyridine rings is 1. The maximum atomic E-state index is 9.82. The molecule has 0 bridgehead atoms. The van der Waals surface area contributed by atoms with Crippen molar-refractivity contribution in [2.24, 2.45) is 0 Å². The molecule has 0 atom stereocenters. The standard InChI is InChI=1S/C8H6N2O/c9-7-3-4-8(10-6-7)2-1-5-11/h3-6H,9H2. The van der Waals surface area contributed by atoms with E-state index in [0.717, 1.165) is 0 Å². The molecule has 0 aliphatic carbocycles. The van der Waals surface area contributed by atoms with Crippen LogP contribution in [0.25, 0.3) is 0 Å². The summed E-state index contributed by atoms with van der Waals surface area (Å²) in [5, 5.41) is 0. The second-order valence-corrected chi connectivity index (χ2v) is 1.86. The normalized spacial score (nSPS) is 8.00. The Morgan fingerprint density at radius 1 is 1.55 bits per heavy atom. The average molecular weight is 146 g/mol. The van der Waals surface area contributed by atoms with E-state index in [0.29, 0.717) is 17.7 Å². The molecular formula is C8H6N2O. The summed E-state index contributed by atoms with van der Waals surface area (Å²) in [6.07, 6.45) is 2.02. The molecule has 0 saturated carbocycles. The third kappa shape index (κ3) is 2.11. The highest BCUT2D eigenvalue weighted by Gasteiger charge is 1.85. The highest BCUT2D eigenvalue weighted by Crippen LogP contribution is 1.98. The quantitative estimate of drug-likeness (QED) is 0.420. The van der Waals surface area contributed by atoms with Gasteiger partial charge in [0.15, 0.2) is 6.29 Å². The molecule has 0 saturated heterocycles. The van der Waals surface area contributed by atoms with Crippen LogP contribution in [-0.4, -0.2) is 11.3 Å². The largest absolute Gasteiger partial charge is 0.397 e. The number of nitrogens with zero attached hydrogens (tertiary/aromatic N) is 1. The molecule has 0 radical (unpaired) electrons. The van der Waals surface area contributed by atoms with Gasteiger partial charge in [-0.15, -0.1) is 0 Å². The molecule has 1 heterocycles. The Morgan fingerprint density at radius 3 is 2.91 bits per heavy atom. The van der Waals surface area contributed by atoms with Crippen molar-refractivity contribution in [2.45, 2.75) is 0 Å². The highest BCUT2D eigenvalue weighted by molar-refractivity contribution is 5.73. The van der Waals surface area contributed by atoms with Gasteiger partial charge in [-0.3, -0.25) is 4.79 Å². The fourth-order valence-corrected chi connectivity index (χ4v) is 0.583. The van der Waals surface area contributed by atoms with Crippen LogP contribution in [0.3, 0.4) is 0 Å². The van der Waals surface area contributed by atoms with E-state index in [1.807, 2.05) is 0 Å². The summed E-state index contributed by atoms with van der Waals surface area (Å²) >= 11 is 0. The lowest BCUT2D eigenvalue weighted by molar-refractivity contribution is -0.103. The van der Waals surface area contributed by atoms with Crippen LogP contribution in [0.4, 0.5) is 5.69 Å². The van der Waals surface area contributed by atoms with Crippen LogP contribution in [0.2, 0.25) is 0 Å². The summed E-state index contributed by atoms with van der Waals surface area (Å²) in [6.45, 7) is 0. The number of carbonyl (C=O) groups excluding carboxylic acids is 1. The van der Waals surface area contributed by atoms with Crippen LogP contribution in [0.1, 0.15) is 5.69 Å². The SMILES string of the molecule is Nc1ccc(C#CC=O)nc1. The van der Waals surface area contributed by atoms with E-state index in [-0.39, 0.29) is 0 Å². The first-order valence-corrected chi connectivity index (χ1v) is 2.99. The van der Waals surface area contributed by atoms with Crippen LogP contribution >= 0.6 is 0 Å². The topological polar surface area (TPSA) is 56.0 Å². The highest BCUT2D eigenvalue weighted by atomic mass is 16.1. The van der Waals surface area contributed by atoms with Gasteiger partial charge in [0, 0.05) is 0 Å². The minimum absolute atomic E-state index is 0.526. The number of nitrogen functional groups attached to an aromatic ring is 1. The summed E-state index contributed by atoms with van der Waals surface area (Å²) in [4.78, 5) is 13.7. The van der Waals surface area contributed by atoms with E-state index in [2.05, 4.69) is 16.8 Å².